The van der Waals surface area contributed by atoms with E-state index in [4.69, 9.17) is 5.73 Å². The third-order valence-electron chi connectivity index (χ3n) is 3.75. The molecule has 0 radical (unpaired) electrons. The molecular formula is C15H24N4O. The number of aryl methyl sites for hydroxylation is 1. The normalized spacial score (nSPS) is 15.8. The number of carbonyl (C=O) groups excluding carboxylic acids is 1. The Morgan fingerprint density at radius 3 is 2.80 bits per heavy atom. The standard InChI is InChI=1S/C15H24N4O/c1-11-9-13(16)14(19-10-11)17-7-8-18-15(20)12-5-3-2-4-6-12/h9-10,12H,2-8,16H2,1H3,(H,17,19)(H,18,20). The number of nitrogens with zero attached hydrogens (tertiary/aromatic N) is 1. The quantitative estimate of drug-likeness (QED) is 0.719. The molecule has 5 nitrogen and oxygen atoms in total. The van der Waals surface area contributed by atoms with Gasteiger partial charge in [-0.3, -0.25) is 4.79 Å². The van der Waals surface area contributed by atoms with Gasteiger partial charge in [-0.2, -0.15) is 0 Å². The van der Waals surface area contributed by atoms with E-state index in [0.717, 1.165) is 18.4 Å². The van der Waals surface area contributed by atoms with Gasteiger partial charge in [0.15, 0.2) is 0 Å². The van der Waals surface area contributed by atoms with E-state index >= 15 is 0 Å². The fraction of sp³-hybridized carbons (Fsp3) is 0.600. The molecule has 0 atom stereocenters. The zero-order chi connectivity index (χ0) is 14.4. The van der Waals surface area contributed by atoms with E-state index in [1.54, 1.807) is 6.20 Å². The molecule has 1 saturated carbocycles. The van der Waals surface area contributed by atoms with Gasteiger partial charge in [0, 0.05) is 25.2 Å². The lowest BCUT2D eigenvalue weighted by molar-refractivity contribution is -0.125. The molecule has 0 spiro atoms. The fourth-order valence-corrected chi connectivity index (χ4v) is 2.62. The molecule has 5 heteroatoms. The van der Waals surface area contributed by atoms with Gasteiger partial charge in [-0.15, -0.1) is 0 Å². The highest BCUT2D eigenvalue weighted by molar-refractivity contribution is 5.78. The summed E-state index contributed by atoms with van der Waals surface area (Å²) in [4.78, 5) is 16.2. The van der Waals surface area contributed by atoms with Crippen molar-refractivity contribution in [1.29, 1.82) is 0 Å². The summed E-state index contributed by atoms with van der Waals surface area (Å²) in [5.41, 5.74) is 7.55. The second kappa shape index (κ2) is 7.12. The van der Waals surface area contributed by atoms with Crippen molar-refractivity contribution >= 4 is 17.4 Å². The molecule has 1 aromatic heterocycles. The molecule has 4 N–H and O–H groups in total. The lowest BCUT2D eigenvalue weighted by Gasteiger charge is -2.20. The van der Waals surface area contributed by atoms with Crippen molar-refractivity contribution in [2.45, 2.75) is 39.0 Å². The Morgan fingerprint density at radius 1 is 1.35 bits per heavy atom. The molecule has 2 rings (SSSR count). The Hall–Kier alpha value is -1.78. The number of nitrogens with two attached hydrogens (primary N) is 1. The zero-order valence-electron chi connectivity index (χ0n) is 12.1. The number of nitrogen functional groups attached to an aromatic ring is 1. The Balaban J connectivity index is 1.69. The van der Waals surface area contributed by atoms with Crippen LogP contribution < -0.4 is 16.4 Å². The molecule has 0 aliphatic heterocycles. The number of carbonyl (C=O) groups is 1. The maximum Gasteiger partial charge on any atom is 0.223 e. The summed E-state index contributed by atoms with van der Waals surface area (Å²) in [7, 11) is 0. The van der Waals surface area contributed by atoms with Crippen LogP contribution in [0.2, 0.25) is 0 Å². The van der Waals surface area contributed by atoms with Crippen molar-refractivity contribution in [1.82, 2.24) is 10.3 Å². The highest BCUT2D eigenvalue weighted by Crippen LogP contribution is 2.23. The van der Waals surface area contributed by atoms with Crippen LogP contribution in [0.5, 0.6) is 0 Å². The summed E-state index contributed by atoms with van der Waals surface area (Å²) in [6.07, 6.45) is 7.47. The molecule has 110 valence electrons. The summed E-state index contributed by atoms with van der Waals surface area (Å²) in [5, 5.41) is 6.13. The maximum absolute atomic E-state index is 11.9. The number of rotatable bonds is 5. The van der Waals surface area contributed by atoms with Crippen molar-refractivity contribution in [3.05, 3.63) is 17.8 Å². The summed E-state index contributed by atoms with van der Waals surface area (Å²) < 4.78 is 0. The minimum absolute atomic E-state index is 0.191. The molecule has 0 bridgehead atoms. The van der Waals surface area contributed by atoms with Crippen LogP contribution in [0.3, 0.4) is 0 Å². The van der Waals surface area contributed by atoms with Crippen LogP contribution >= 0.6 is 0 Å². The molecule has 1 amide bonds. The van der Waals surface area contributed by atoms with Crippen molar-refractivity contribution < 1.29 is 4.79 Å². The van der Waals surface area contributed by atoms with Gasteiger partial charge in [0.1, 0.15) is 5.82 Å². The minimum atomic E-state index is 0.191. The molecule has 0 unspecified atom stereocenters. The fourth-order valence-electron chi connectivity index (χ4n) is 2.62. The number of hydrogen-bond donors (Lipinski definition) is 3. The molecule has 20 heavy (non-hydrogen) atoms. The third-order valence-corrected chi connectivity index (χ3v) is 3.75. The average molecular weight is 276 g/mol. The Kier molecular flexibility index (Phi) is 5.21. The molecule has 0 saturated heterocycles. The summed E-state index contributed by atoms with van der Waals surface area (Å²) in [5.74, 6) is 1.09. The first-order chi connectivity index (χ1) is 9.66. The zero-order valence-corrected chi connectivity index (χ0v) is 12.1. The molecule has 1 aliphatic rings. The highest BCUT2D eigenvalue weighted by atomic mass is 16.1. The van der Waals surface area contributed by atoms with Crippen LogP contribution in [0.25, 0.3) is 0 Å². The largest absolute Gasteiger partial charge is 0.396 e. The molecular weight excluding hydrogens is 252 g/mol. The van der Waals surface area contributed by atoms with Gasteiger partial charge >= 0.3 is 0 Å². The van der Waals surface area contributed by atoms with E-state index in [0.29, 0.717) is 24.6 Å². The first-order valence-corrected chi connectivity index (χ1v) is 7.40. The number of anilines is 2. The summed E-state index contributed by atoms with van der Waals surface area (Å²) in [6, 6.07) is 1.88. The van der Waals surface area contributed by atoms with Gasteiger partial charge in [-0.05, 0) is 31.4 Å². The van der Waals surface area contributed by atoms with E-state index in [1.807, 2.05) is 13.0 Å². The number of aromatic nitrogens is 1. The predicted molar refractivity (Wildman–Crippen MR) is 81.5 cm³/mol. The Morgan fingerprint density at radius 2 is 2.10 bits per heavy atom. The van der Waals surface area contributed by atoms with Crippen molar-refractivity contribution in [3.63, 3.8) is 0 Å². The van der Waals surface area contributed by atoms with Crippen molar-refractivity contribution in [3.8, 4) is 0 Å². The van der Waals surface area contributed by atoms with Gasteiger partial charge in [-0.25, -0.2) is 4.98 Å². The van der Waals surface area contributed by atoms with Crippen LogP contribution in [-0.4, -0.2) is 24.0 Å². The van der Waals surface area contributed by atoms with E-state index in [1.165, 1.54) is 19.3 Å². The number of amides is 1. The second-order valence-corrected chi connectivity index (χ2v) is 5.50. The van der Waals surface area contributed by atoms with E-state index < -0.39 is 0 Å². The van der Waals surface area contributed by atoms with Crippen molar-refractivity contribution in [2.75, 3.05) is 24.1 Å². The summed E-state index contributed by atoms with van der Waals surface area (Å²) >= 11 is 0. The van der Waals surface area contributed by atoms with E-state index in [2.05, 4.69) is 15.6 Å². The van der Waals surface area contributed by atoms with Crippen LogP contribution in [0.4, 0.5) is 11.5 Å². The molecule has 1 aromatic rings. The highest BCUT2D eigenvalue weighted by Gasteiger charge is 2.20. The van der Waals surface area contributed by atoms with Crippen molar-refractivity contribution in [2.24, 2.45) is 5.92 Å². The first kappa shape index (κ1) is 14.6. The second-order valence-electron chi connectivity index (χ2n) is 5.50. The maximum atomic E-state index is 11.9. The Bertz CT molecular complexity index is 455. The summed E-state index contributed by atoms with van der Waals surface area (Å²) in [6.45, 7) is 3.20. The lowest BCUT2D eigenvalue weighted by atomic mass is 9.89. The van der Waals surface area contributed by atoms with Gasteiger partial charge in [0.05, 0.1) is 5.69 Å². The van der Waals surface area contributed by atoms with Crippen LogP contribution in [0, 0.1) is 12.8 Å². The minimum Gasteiger partial charge on any atom is -0.396 e. The van der Waals surface area contributed by atoms with Gasteiger partial charge < -0.3 is 16.4 Å². The van der Waals surface area contributed by atoms with Crippen LogP contribution in [0.1, 0.15) is 37.7 Å². The monoisotopic (exact) mass is 276 g/mol. The smallest absolute Gasteiger partial charge is 0.223 e. The number of pyridine rings is 1. The molecule has 0 aromatic carbocycles. The SMILES string of the molecule is Cc1cnc(NCCNC(=O)C2CCCCC2)c(N)c1. The topological polar surface area (TPSA) is 80.0 Å². The van der Waals surface area contributed by atoms with E-state index in [9.17, 15) is 4.79 Å². The lowest BCUT2D eigenvalue weighted by Crippen LogP contribution is -2.35. The molecule has 1 fully saturated rings. The average Bonchev–Trinajstić information content (AvgIpc) is 2.46. The Labute approximate surface area is 120 Å². The molecule has 1 aliphatic carbocycles. The number of hydrogen-bond acceptors (Lipinski definition) is 4. The van der Waals surface area contributed by atoms with Crippen LogP contribution in [-0.2, 0) is 4.79 Å². The van der Waals surface area contributed by atoms with Gasteiger partial charge in [-0.1, -0.05) is 19.3 Å². The third kappa shape index (κ3) is 4.11. The van der Waals surface area contributed by atoms with E-state index in [-0.39, 0.29) is 11.8 Å². The number of nitrogens with one attached hydrogen (secondary N) is 2. The first-order valence-electron chi connectivity index (χ1n) is 7.40. The van der Waals surface area contributed by atoms with Crippen LogP contribution in [0.15, 0.2) is 12.3 Å². The van der Waals surface area contributed by atoms with Gasteiger partial charge in [0.2, 0.25) is 5.91 Å². The molecule has 1 heterocycles. The predicted octanol–water partition coefficient (Wildman–Crippen LogP) is 2.08. The van der Waals surface area contributed by atoms with Gasteiger partial charge in [0.25, 0.3) is 0 Å².